The molecule has 10 heteroatoms. The Morgan fingerprint density at radius 1 is 0.632 bits per heavy atom. The molecule has 1 saturated carbocycles. The van der Waals surface area contributed by atoms with Gasteiger partial charge in [0.25, 0.3) is 0 Å². The average Bonchev–Trinajstić information content (AvgIpc) is 2.58. The second-order valence-corrected chi connectivity index (χ2v) is 3.88. The third-order valence-electron chi connectivity index (χ3n) is 3.29. The number of rotatable bonds is 4. The molecule has 110 valence electrons. The molecule has 10 nitrogen and oxygen atoms in total. The van der Waals surface area contributed by atoms with E-state index in [1.54, 1.807) is 0 Å². The standard InChI is InChI=1S/C9H10O8.2H2O/c10-4(11)8(5(12)13)2-1-3-9(8,6(14)15)7(16)17;;/h1-3H2,(H,10,11)(H,12,13)(H,14,15)(H,16,17);2*1H2. The molecule has 1 fully saturated rings. The first kappa shape index (κ1) is 19.1. The molecule has 0 saturated heterocycles. The predicted molar refractivity (Wildman–Crippen MR) is 56.5 cm³/mol. The molecule has 1 aliphatic rings. The van der Waals surface area contributed by atoms with Crippen LogP contribution >= 0.6 is 0 Å². The van der Waals surface area contributed by atoms with Gasteiger partial charge < -0.3 is 31.4 Å². The van der Waals surface area contributed by atoms with Gasteiger partial charge in [0.1, 0.15) is 0 Å². The summed E-state index contributed by atoms with van der Waals surface area (Å²) < 4.78 is 0. The molecule has 0 bridgehead atoms. The summed E-state index contributed by atoms with van der Waals surface area (Å²) in [5.74, 6) is -7.75. The van der Waals surface area contributed by atoms with E-state index in [9.17, 15) is 19.2 Å². The van der Waals surface area contributed by atoms with Crippen LogP contribution in [0.5, 0.6) is 0 Å². The first-order valence-corrected chi connectivity index (χ1v) is 4.67. The molecule has 0 aliphatic heterocycles. The topological polar surface area (TPSA) is 212 Å². The van der Waals surface area contributed by atoms with Crippen molar-refractivity contribution in [1.29, 1.82) is 0 Å². The van der Waals surface area contributed by atoms with Crippen LogP contribution in [-0.2, 0) is 19.2 Å². The fourth-order valence-electron chi connectivity index (χ4n) is 2.39. The van der Waals surface area contributed by atoms with Crippen LogP contribution in [0.25, 0.3) is 0 Å². The highest BCUT2D eigenvalue weighted by Gasteiger charge is 2.73. The molecule has 0 heterocycles. The Hall–Kier alpha value is -2.20. The van der Waals surface area contributed by atoms with Gasteiger partial charge in [-0.05, 0) is 19.3 Å². The van der Waals surface area contributed by atoms with Crippen molar-refractivity contribution in [3.05, 3.63) is 0 Å². The molecular weight excluding hydrogens is 268 g/mol. The zero-order valence-electron chi connectivity index (χ0n) is 9.54. The first-order chi connectivity index (χ1) is 7.73. The molecular formula is C9H14O10. The number of carboxylic acids is 4. The van der Waals surface area contributed by atoms with Crippen LogP contribution in [0.1, 0.15) is 19.3 Å². The molecule has 0 atom stereocenters. The third kappa shape index (κ3) is 2.00. The number of hydrogen-bond acceptors (Lipinski definition) is 4. The summed E-state index contributed by atoms with van der Waals surface area (Å²) in [4.78, 5) is 44.3. The minimum absolute atomic E-state index is 0. The van der Waals surface area contributed by atoms with E-state index in [1.165, 1.54) is 0 Å². The van der Waals surface area contributed by atoms with Gasteiger partial charge in [-0.3, -0.25) is 19.2 Å². The van der Waals surface area contributed by atoms with Gasteiger partial charge in [0.05, 0.1) is 0 Å². The first-order valence-electron chi connectivity index (χ1n) is 4.67. The van der Waals surface area contributed by atoms with Crippen molar-refractivity contribution < 1.29 is 50.6 Å². The quantitative estimate of drug-likeness (QED) is 0.415. The number of aliphatic carboxylic acids is 4. The molecule has 0 spiro atoms. The Kier molecular flexibility index (Phi) is 5.67. The van der Waals surface area contributed by atoms with Gasteiger partial charge in [-0.2, -0.15) is 0 Å². The molecule has 0 aromatic heterocycles. The number of carboxylic acid groups (broad SMARTS) is 4. The molecule has 0 aromatic carbocycles. The maximum Gasteiger partial charge on any atom is 0.322 e. The lowest BCUT2D eigenvalue weighted by Crippen LogP contribution is -2.57. The van der Waals surface area contributed by atoms with E-state index in [2.05, 4.69) is 0 Å². The molecule has 19 heavy (non-hydrogen) atoms. The van der Waals surface area contributed by atoms with Crippen LogP contribution in [0.15, 0.2) is 0 Å². The van der Waals surface area contributed by atoms with Crippen molar-refractivity contribution in [2.75, 3.05) is 0 Å². The van der Waals surface area contributed by atoms with E-state index < -0.39 is 47.5 Å². The second kappa shape index (κ2) is 5.63. The summed E-state index contributed by atoms with van der Waals surface area (Å²) in [6.45, 7) is 0. The van der Waals surface area contributed by atoms with Crippen LogP contribution < -0.4 is 0 Å². The second-order valence-electron chi connectivity index (χ2n) is 3.88. The van der Waals surface area contributed by atoms with E-state index in [0.29, 0.717) is 0 Å². The van der Waals surface area contributed by atoms with Gasteiger partial charge in [0.15, 0.2) is 10.8 Å². The predicted octanol–water partition coefficient (Wildman–Crippen LogP) is -2.17. The summed E-state index contributed by atoms with van der Waals surface area (Å²) >= 11 is 0. The minimum atomic E-state index is -2.81. The molecule has 0 radical (unpaired) electrons. The normalized spacial score (nSPS) is 18.5. The van der Waals surface area contributed by atoms with Crippen molar-refractivity contribution in [3.63, 3.8) is 0 Å². The SMILES string of the molecule is O.O.O=C(O)C1(C(=O)O)CCCC1(C(=O)O)C(=O)O. The number of carbonyl (C=O) groups is 4. The zero-order valence-corrected chi connectivity index (χ0v) is 9.54. The number of hydrogen-bond donors (Lipinski definition) is 4. The summed E-state index contributed by atoms with van der Waals surface area (Å²) in [6, 6.07) is 0. The van der Waals surface area contributed by atoms with Crippen molar-refractivity contribution in [2.45, 2.75) is 19.3 Å². The molecule has 0 aromatic rings. The van der Waals surface area contributed by atoms with Crippen LogP contribution in [-0.4, -0.2) is 55.3 Å². The Balaban J connectivity index is 0. The van der Waals surface area contributed by atoms with Gasteiger partial charge in [0, 0.05) is 0 Å². The molecule has 8 N–H and O–H groups in total. The summed E-state index contributed by atoms with van der Waals surface area (Å²) in [5.41, 5.74) is -5.63. The van der Waals surface area contributed by atoms with Crippen molar-refractivity contribution >= 4 is 23.9 Å². The van der Waals surface area contributed by atoms with Gasteiger partial charge in [0.2, 0.25) is 0 Å². The summed E-state index contributed by atoms with van der Waals surface area (Å²) in [5, 5.41) is 35.8. The Morgan fingerprint density at radius 3 is 1.00 bits per heavy atom. The van der Waals surface area contributed by atoms with E-state index in [-0.39, 0.29) is 17.4 Å². The van der Waals surface area contributed by atoms with Gasteiger partial charge >= 0.3 is 23.9 Å². The van der Waals surface area contributed by atoms with E-state index in [4.69, 9.17) is 20.4 Å². The van der Waals surface area contributed by atoms with Gasteiger partial charge in [-0.15, -0.1) is 0 Å². The Labute approximate surface area is 105 Å². The third-order valence-corrected chi connectivity index (χ3v) is 3.29. The monoisotopic (exact) mass is 282 g/mol. The average molecular weight is 282 g/mol. The molecule has 0 amide bonds. The smallest absolute Gasteiger partial charge is 0.322 e. The van der Waals surface area contributed by atoms with E-state index in [1.807, 2.05) is 0 Å². The summed E-state index contributed by atoms with van der Waals surface area (Å²) in [6.07, 6.45) is -1.12. The Morgan fingerprint density at radius 2 is 0.842 bits per heavy atom. The maximum atomic E-state index is 11.1. The lowest BCUT2D eigenvalue weighted by atomic mass is 9.65. The fourth-order valence-corrected chi connectivity index (χ4v) is 2.39. The van der Waals surface area contributed by atoms with Crippen molar-refractivity contribution in [3.8, 4) is 0 Å². The van der Waals surface area contributed by atoms with E-state index in [0.717, 1.165) is 0 Å². The highest BCUT2D eigenvalue weighted by Crippen LogP contribution is 2.54. The highest BCUT2D eigenvalue weighted by atomic mass is 16.4. The van der Waals surface area contributed by atoms with Crippen molar-refractivity contribution in [2.24, 2.45) is 10.8 Å². The van der Waals surface area contributed by atoms with Crippen LogP contribution in [0.2, 0.25) is 0 Å². The molecule has 1 aliphatic carbocycles. The molecule has 1 rings (SSSR count). The largest absolute Gasteiger partial charge is 0.480 e. The zero-order chi connectivity index (χ0) is 13.4. The highest BCUT2D eigenvalue weighted by molar-refractivity contribution is 6.13. The Bertz CT molecular complexity index is 345. The lowest BCUT2D eigenvalue weighted by molar-refractivity contribution is -0.191. The van der Waals surface area contributed by atoms with E-state index >= 15 is 0 Å². The van der Waals surface area contributed by atoms with Gasteiger partial charge in [-0.25, -0.2) is 0 Å². The van der Waals surface area contributed by atoms with Crippen LogP contribution in [0, 0.1) is 10.8 Å². The molecule has 0 unspecified atom stereocenters. The summed E-state index contributed by atoms with van der Waals surface area (Å²) in [7, 11) is 0. The fraction of sp³-hybridized carbons (Fsp3) is 0.556. The van der Waals surface area contributed by atoms with Crippen LogP contribution in [0.3, 0.4) is 0 Å². The maximum absolute atomic E-state index is 11.1. The van der Waals surface area contributed by atoms with Crippen molar-refractivity contribution in [1.82, 2.24) is 0 Å². The van der Waals surface area contributed by atoms with Gasteiger partial charge in [-0.1, -0.05) is 0 Å². The minimum Gasteiger partial charge on any atom is -0.480 e. The van der Waals surface area contributed by atoms with Crippen LogP contribution in [0.4, 0.5) is 0 Å². The lowest BCUT2D eigenvalue weighted by Gasteiger charge is -2.32.